The summed E-state index contributed by atoms with van der Waals surface area (Å²) in [5.74, 6) is -2.57. The van der Waals surface area contributed by atoms with Crippen LogP contribution in [0.1, 0.15) is 26.3 Å². The van der Waals surface area contributed by atoms with Gasteiger partial charge in [-0.05, 0) is 18.2 Å². The van der Waals surface area contributed by atoms with Gasteiger partial charge in [-0.3, -0.25) is 4.79 Å². The Labute approximate surface area is 78.6 Å². The Hall–Kier alpha value is -2.17. The van der Waals surface area contributed by atoms with Gasteiger partial charge in [-0.25, -0.2) is 9.59 Å². The predicted octanol–water partition coefficient (Wildman–Crippen LogP) is 0.541. The fourth-order valence-corrected chi connectivity index (χ4v) is 0.933. The number of rotatable bonds is 3. The summed E-state index contributed by atoms with van der Waals surface area (Å²) in [6.07, 6.45) is 1.44. The molecule has 1 rings (SSSR count). The summed E-state index contributed by atoms with van der Waals surface area (Å²) in [5.41, 5.74) is -0.589. The molecule has 71 valence electrons. The molecule has 0 fully saturated rings. The van der Waals surface area contributed by atoms with Crippen molar-refractivity contribution in [3.05, 3.63) is 34.9 Å². The van der Waals surface area contributed by atoms with E-state index < -0.39 is 11.9 Å². The van der Waals surface area contributed by atoms with E-state index in [1.54, 1.807) is 0 Å². The summed E-state index contributed by atoms with van der Waals surface area (Å²) in [7, 11) is 0. The molecule has 0 unspecified atom stereocenters. The zero-order valence-electron chi connectivity index (χ0n) is 6.85. The van der Waals surface area contributed by atoms with Gasteiger partial charge in [0.05, 0.1) is 11.1 Å². The van der Waals surface area contributed by atoms with E-state index in [1.807, 2.05) is 0 Å². The number of benzene rings is 1. The lowest BCUT2D eigenvalue weighted by Crippen LogP contribution is -2.03. The second kappa shape index (κ2) is 3.69. The molecule has 0 amide bonds. The molecule has 0 saturated heterocycles. The van der Waals surface area contributed by atoms with E-state index in [4.69, 9.17) is 10.2 Å². The fraction of sp³-hybridized carbons (Fsp3) is 0. The highest BCUT2D eigenvalue weighted by atomic mass is 16.4. The van der Waals surface area contributed by atoms with E-state index in [2.05, 4.69) is 0 Å². The smallest absolute Gasteiger partial charge is 0.335 e. The molecule has 0 aliphatic rings. The lowest BCUT2D eigenvalue weighted by Gasteiger charge is -1.98. The Morgan fingerprint density at radius 3 is 1.71 bits per heavy atom. The van der Waals surface area contributed by atoms with Crippen molar-refractivity contribution in [2.75, 3.05) is 0 Å². The highest BCUT2D eigenvalue weighted by Gasteiger charge is 2.10. The van der Waals surface area contributed by atoms with Gasteiger partial charge >= 0.3 is 11.9 Å². The maximum Gasteiger partial charge on any atom is 0.335 e. The molecule has 5 heteroatoms. The van der Waals surface area contributed by atoms with Crippen LogP contribution < -0.4 is 0 Å². The van der Waals surface area contributed by atoms with Crippen molar-refractivity contribution in [2.45, 2.75) is 0 Å². The average Bonchev–Trinajstić information content (AvgIpc) is 2.16. The van der Waals surface area contributed by atoms with Crippen molar-refractivity contribution in [3.63, 3.8) is 0 Å². The molecule has 0 spiro atoms. The molecule has 14 heavy (non-hydrogen) atoms. The summed E-state index contributed by atoms with van der Waals surface area (Å²) in [6, 6.07) is 3.09. The van der Waals surface area contributed by atoms with Crippen LogP contribution in [0, 0.1) is 0 Å². The second-order valence-corrected chi connectivity index (χ2v) is 2.51. The number of carboxylic acid groups (broad SMARTS) is 2. The van der Waals surface area contributed by atoms with Gasteiger partial charge in [0.1, 0.15) is 0 Å². The van der Waals surface area contributed by atoms with E-state index in [0.717, 1.165) is 18.2 Å². The zero-order valence-corrected chi connectivity index (χ0v) is 6.85. The minimum absolute atomic E-state index is 0.0951. The van der Waals surface area contributed by atoms with Crippen LogP contribution in [0.25, 0.3) is 0 Å². The van der Waals surface area contributed by atoms with Crippen LogP contribution in [0.5, 0.6) is 0 Å². The molecule has 0 atom stereocenters. The maximum absolute atomic E-state index is 10.5. The molecule has 0 aromatic heterocycles. The minimum atomic E-state index is -1.29. The van der Waals surface area contributed by atoms with Gasteiger partial charge in [0.25, 0.3) is 0 Å². The molecule has 0 saturated carbocycles. The van der Waals surface area contributed by atoms with Crippen LogP contribution in [0.2, 0.25) is 0 Å². The van der Waals surface area contributed by atoms with E-state index in [0.29, 0.717) is 0 Å². The Bertz CT molecular complexity index is 375. The van der Waals surface area contributed by atoms with Gasteiger partial charge in [-0.1, -0.05) is 0 Å². The van der Waals surface area contributed by atoms with Gasteiger partial charge in [0.2, 0.25) is 6.29 Å². The molecule has 0 bridgehead atoms. The normalized spacial score (nSPS) is 9.43. The quantitative estimate of drug-likeness (QED) is 0.730. The van der Waals surface area contributed by atoms with Gasteiger partial charge in [0.15, 0.2) is 0 Å². The van der Waals surface area contributed by atoms with Crippen molar-refractivity contribution in [1.29, 1.82) is 0 Å². The van der Waals surface area contributed by atoms with Crippen LogP contribution in [0.15, 0.2) is 18.2 Å². The van der Waals surface area contributed by atoms with Crippen molar-refractivity contribution < 1.29 is 24.6 Å². The topological polar surface area (TPSA) is 91.7 Å². The Kier molecular flexibility index (Phi) is 2.62. The molecule has 2 N–H and O–H groups in total. The third kappa shape index (κ3) is 1.95. The summed E-state index contributed by atoms with van der Waals surface area (Å²) in [5, 5.41) is 17.2. The van der Waals surface area contributed by atoms with Gasteiger partial charge < -0.3 is 10.2 Å². The third-order valence-corrected chi connectivity index (χ3v) is 1.54. The van der Waals surface area contributed by atoms with Crippen LogP contribution in [-0.4, -0.2) is 28.4 Å². The van der Waals surface area contributed by atoms with E-state index in [9.17, 15) is 14.4 Å². The van der Waals surface area contributed by atoms with Gasteiger partial charge in [0, 0.05) is 5.56 Å². The van der Waals surface area contributed by atoms with Crippen LogP contribution in [-0.2, 0) is 4.79 Å². The van der Waals surface area contributed by atoms with Crippen molar-refractivity contribution in [3.8, 4) is 0 Å². The first-order chi connectivity index (χ1) is 6.54. The van der Waals surface area contributed by atoms with Gasteiger partial charge in [-0.15, -0.1) is 0 Å². The SMILES string of the molecule is O=[C]c1cc(C(=O)O)cc(C(=O)O)c1. The highest BCUT2D eigenvalue weighted by molar-refractivity contribution is 5.96. The number of carbonyl (C=O) groups is 2. The first-order valence-corrected chi connectivity index (χ1v) is 3.54. The lowest BCUT2D eigenvalue weighted by atomic mass is 10.1. The van der Waals surface area contributed by atoms with Crippen molar-refractivity contribution in [1.82, 2.24) is 0 Å². The third-order valence-electron chi connectivity index (χ3n) is 1.54. The lowest BCUT2D eigenvalue weighted by molar-refractivity contribution is 0.0696. The number of hydrogen-bond acceptors (Lipinski definition) is 3. The maximum atomic E-state index is 10.5. The molecule has 1 aromatic carbocycles. The standard InChI is InChI=1S/C9H5O5/c10-4-5-1-6(8(11)12)3-7(2-5)9(13)14/h1-3H,(H,11,12)(H,13,14). The predicted molar refractivity (Wildman–Crippen MR) is 45.2 cm³/mol. The number of aromatic carboxylic acids is 2. The molecule has 0 heterocycles. The number of carboxylic acids is 2. The molecule has 1 aromatic rings. The molecule has 0 aliphatic carbocycles. The molecule has 5 nitrogen and oxygen atoms in total. The number of carbonyl (C=O) groups excluding carboxylic acids is 1. The highest BCUT2D eigenvalue weighted by Crippen LogP contribution is 2.09. The summed E-state index contributed by atoms with van der Waals surface area (Å²) in [4.78, 5) is 31.3. The average molecular weight is 193 g/mol. The monoisotopic (exact) mass is 193 g/mol. The second-order valence-electron chi connectivity index (χ2n) is 2.51. The van der Waals surface area contributed by atoms with Crippen molar-refractivity contribution in [2.24, 2.45) is 0 Å². The summed E-state index contributed by atoms with van der Waals surface area (Å²) >= 11 is 0. The summed E-state index contributed by atoms with van der Waals surface area (Å²) in [6.45, 7) is 0. The molecular formula is C9H5O5. The molecule has 1 radical (unpaired) electrons. The number of hydrogen-bond donors (Lipinski definition) is 2. The molecular weight excluding hydrogens is 188 g/mol. The van der Waals surface area contributed by atoms with E-state index in [1.165, 1.54) is 6.29 Å². The fourth-order valence-electron chi connectivity index (χ4n) is 0.933. The van der Waals surface area contributed by atoms with Crippen LogP contribution >= 0.6 is 0 Å². The Morgan fingerprint density at radius 2 is 1.43 bits per heavy atom. The Morgan fingerprint density at radius 1 is 1.00 bits per heavy atom. The van der Waals surface area contributed by atoms with Gasteiger partial charge in [-0.2, -0.15) is 0 Å². The van der Waals surface area contributed by atoms with Crippen LogP contribution in [0.4, 0.5) is 0 Å². The first kappa shape index (κ1) is 9.91. The summed E-state index contributed by atoms with van der Waals surface area (Å²) < 4.78 is 0. The van der Waals surface area contributed by atoms with E-state index >= 15 is 0 Å². The Balaban J connectivity index is 3.34. The minimum Gasteiger partial charge on any atom is -0.478 e. The zero-order chi connectivity index (χ0) is 10.7. The van der Waals surface area contributed by atoms with E-state index in [-0.39, 0.29) is 16.7 Å². The largest absolute Gasteiger partial charge is 0.478 e. The molecule has 0 aliphatic heterocycles. The van der Waals surface area contributed by atoms with Crippen molar-refractivity contribution >= 4 is 18.2 Å². The van der Waals surface area contributed by atoms with Crippen LogP contribution in [0.3, 0.4) is 0 Å². The first-order valence-electron chi connectivity index (χ1n) is 3.54.